The second-order valence-electron chi connectivity index (χ2n) is 22.8. The Morgan fingerprint density at radius 3 is 0.496 bits per heavy atom. The van der Waals surface area contributed by atoms with E-state index in [1.54, 1.807) is 0 Å². The van der Waals surface area contributed by atoms with E-state index in [0.717, 1.165) is 13.1 Å². The van der Waals surface area contributed by atoms with E-state index in [-0.39, 0.29) is 209 Å². The average molecular weight is 1760 g/mol. The van der Waals surface area contributed by atoms with Crippen LogP contribution in [0.25, 0.3) is 0 Å². The fourth-order valence-electron chi connectivity index (χ4n) is 10.6. The van der Waals surface area contributed by atoms with Crippen LogP contribution in [-0.4, -0.2) is 177 Å². The van der Waals surface area contributed by atoms with Gasteiger partial charge in [-0.3, -0.25) is 0 Å². The molecule has 640 valence electrons. The fraction of sp³-hybridized carbons (Fsp3) is 0.296. The van der Waals surface area contributed by atoms with Gasteiger partial charge in [0, 0.05) is 139 Å². The summed E-state index contributed by atoms with van der Waals surface area (Å²) in [4.78, 5) is 121. The van der Waals surface area contributed by atoms with Crippen molar-refractivity contribution in [2.45, 2.75) is 71.9 Å². The topological polar surface area (TPSA) is 823 Å². The summed E-state index contributed by atoms with van der Waals surface area (Å²) in [5, 5.41) is 98.0. The minimum absolute atomic E-state index is 0. The Bertz CT molecular complexity index is 3590. The van der Waals surface area contributed by atoms with E-state index in [4.69, 9.17) is 47.4 Å². The third-order valence-electron chi connectivity index (χ3n) is 15.0. The molecule has 0 spiro atoms. The van der Waals surface area contributed by atoms with Crippen molar-refractivity contribution in [1.29, 1.82) is 0 Å². The number of nitrogens with zero attached hydrogens (tertiary/aromatic N) is 2. The molecule has 0 radical (unpaired) electrons. The molecule has 0 saturated carbocycles. The summed E-state index contributed by atoms with van der Waals surface area (Å²) in [5.74, 6) is -17.8. The lowest BCUT2D eigenvalue weighted by Crippen LogP contribution is -3.00. The summed E-state index contributed by atoms with van der Waals surface area (Å²) >= 11 is 0. The molecule has 10 aliphatic rings. The van der Waals surface area contributed by atoms with Gasteiger partial charge in [-0.15, -0.1) is 0 Å². The quantitative estimate of drug-likeness (QED) is 0.0191. The van der Waals surface area contributed by atoms with Crippen molar-refractivity contribution >= 4 is 59.7 Å². The van der Waals surface area contributed by atoms with Crippen molar-refractivity contribution in [2.24, 2.45) is 0 Å². The molecule has 40 N–H and O–H groups in total. The second kappa shape index (κ2) is 55.2. The molecule has 2 aromatic heterocycles. The van der Waals surface area contributed by atoms with Gasteiger partial charge in [-0.05, 0) is 60.7 Å². The van der Waals surface area contributed by atoms with Gasteiger partial charge in [-0.1, -0.05) is 12.1 Å². The summed E-state index contributed by atoms with van der Waals surface area (Å²) in [7, 11) is 0. The van der Waals surface area contributed by atoms with E-state index >= 15 is 0 Å². The molecule has 2 heterocycles. The molecular weight excluding hydrogens is 1660 g/mol. The first-order chi connectivity index (χ1) is 49.1. The highest BCUT2D eigenvalue weighted by Gasteiger charge is 2.27. The van der Waals surface area contributed by atoms with Crippen LogP contribution >= 0.6 is 0 Å². The van der Waals surface area contributed by atoms with E-state index in [0.29, 0.717) is 0 Å². The molecule has 5 aromatic carbocycles. The maximum absolute atomic E-state index is 12.1. The van der Waals surface area contributed by atoms with Crippen molar-refractivity contribution in [1.82, 2.24) is 61.5 Å². The molecule has 17 rings (SSSR count). The lowest BCUT2D eigenvalue weighted by Gasteiger charge is -2.21. The molecule has 115 heavy (non-hydrogen) atoms. The molecule has 0 aliphatic heterocycles. The number of aromatic nitrogens is 2. The number of carboxylic acid groups (broad SMARTS) is 10. The highest BCUT2D eigenvalue weighted by Crippen LogP contribution is 2.43. The number of unbranched alkanes of at least 4 members (excludes halogenated alkanes) is 1. The van der Waals surface area contributed by atoms with Gasteiger partial charge in [0.05, 0.1) is 0 Å². The van der Waals surface area contributed by atoms with Gasteiger partial charge in [-0.25, -0.2) is 57.1 Å². The number of pyridine rings is 2. The molecule has 44 heteroatoms. The van der Waals surface area contributed by atoms with Gasteiger partial charge in [0.2, 0.25) is 0 Å². The van der Waals surface area contributed by atoms with Crippen LogP contribution in [0, 0.1) is 13.8 Å². The van der Waals surface area contributed by atoms with Gasteiger partial charge in [-0.2, -0.15) is 0 Å². The Morgan fingerprint density at radius 2 is 0.383 bits per heavy atom. The van der Waals surface area contributed by atoms with E-state index in [9.17, 15) is 99.0 Å². The third kappa shape index (κ3) is 36.4. The van der Waals surface area contributed by atoms with Crippen LogP contribution in [-0.2, 0) is 93.1 Å². The number of ether oxygens (including phenoxy) is 10. The minimum Gasteiger partial charge on any atom is -1.00 e. The van der Waals surface area contributed by atoms with Crippen molar-refractivity contribution in [3.8, 4) is 57.5 Å². The number of aliphatic carboxylic acids is 10. The lowest BCUT2D eigenvalue weighted by molar-refractivity contribution is -0.713. The number of aryl methyl sites for hydroxylation is 4. The predicted octanol–water partition coefficient (Wildman–Crippen LogP) is 0.575. The van der Waals surface area contributed by atoms with E-state index in [1.807, 2.05) is 0 Å². The fourth-order valence-corrected chi connectivity index (χ4v) is 10.6. The summed E-state index contributed by atoms with van der Waals surface area (Å²) in [6.07, 6.45) is 4.39. The van der Waals surface area contributed by atoms with Crippen LogP contribution in [0.4, 0.5) is 0 Å². The van der Waals surface area contributed by atoms with Gasteiger partial charge in [0.15, 0.2) is 89.9 Å². The number of carbonyl (C=O) groups is 10. The number of hydrogen-bond acceptors (Lipinski definition) is 30. The summed E-state index contributed by atoms with van der Waals surface area (Å²) in [5.41, 5.74) is 2.34. The zero-order valence-electron chi connectivity index (χ0n) is 63.2. The van der Waals surface area contributed by atoms with Crippen molar-refractivity contribution in [3.63, 3.8) is 0 Å². The lowest BCUT2D eigenvalue weighted by atomic mass is 9.94. The molecular formula is C71H102Br2N12O30. The maximum Gasteiger partial charge on any atom is 0.341 e. The van der Waals surface area contributed by atoms with Gasteiger partial charge in [0.25, 0.3) is 0 Å². The molecule has 42 nitrogen and oxygen atoms in total. The standard InChI is InChI=1S/C55H50O30.C16H22N2.2BrH.10H3N/c56-46(57)16-76-36-8-28-2-30-10-42(82-22-52(68)69)32(12-40(30)80-20-50(64)65)4-34-14-45(85-25-55(74)75)35(15-44(34)84-24-54(72)73)5-33-13-41(81-21-51(66)67)31(11-43(33)83-23-53(70)71)3-29-9-37(77-17-47(58)59)27(7-39(29)79-19-49(62)63)1-26(36)6-38(28)78-18-48(60)61;1-15-9-3-5-11-17(15)13-7-8-14-18-12-6-4-10-16(18)2;;;;;;;;;;;;/h6-15H,1-5,16-25H2,(H,56,57)(H,58,59)(H,60,61)(H,62,63)(H,64,65)(H,66,67)(H,68,69)(H,70,71)(H,72,73)(H,74,75);3-6,9-12H,7-8,13-14H2,1-2H3;2*1H;10*1H3/q;+2;;;;;;;;;;;;/p-2. The molecule has 0 fully saturated rings. The van der Waals surface area contributed by atoms with Crippen LogP contribution in [0.3, 0.4) is 0 Å². The normalized spacial score (nSPS) is 10.2. The largest absolute Gasteiger partial charge is 1.00 e. The molecule has 10 bridgehead atoms. The van der Waals surface area contributed by atoms with E-state index in [1.165, 1.54) is 84.9 Å². The maximum atomic E-state index is 12.1. The van der Waals surface area contributed by atoms with Crippen molar-refractivity contribution < 1.29 is 189 Å². The number of benzene rings is 5. The molecule has 7 aromatic rings. The molecule has 0 atom stereocenters. The first-order valence-corrected chi connectivity index (χ1v) is 31.2. The first kappa shape index (κ1) is 114. The molecule has 0 unspecified atom stereocenters. The summed E-state index contributed by atoms with van der Waals surface area (Å²) in [6.45, 7) is -3.77. The van der Waals surface area contributed by atoms with Crippen molar-refractivity contribution in [2.75, 3.05) is 66.1 Å². The van der Waals surface area contributed by atoms with Crippen LogP contribution in [0.5, 0.6) is 57.5 Å². The highest BCUT2D eigenvalue weighted by molar-refractivity contribution is 5.74. The highest BCUT2D eigenvalue weighted by atomic mass is 79.9. The number of carboxylic acids is 10. The van der Waals surface area contributed by atoms with E-state index in [2.05, 4.69) is 71.8 Å². The Kier molecular flexibility index (Phi) is 54.5. The monoisotopic (exact) mass is 1760 g/mol. The van der Waals surface area contributed by atoms with Crippen LogP contribution in [0.15, 0.2) is 109 Å². The van der Waals surface area contributed by atoms with Crippen LogP contribution in [0.2, 0.25) is 0 Å². The van der Waals surface area contributed by atoms with Crippen LogP contribution < -0.4 is 152 Å². The zero-order valence-corrected chi connectivity index (χ0v) is 66.4. The minimum atomic E-state index is -1.50. The summed E-state index contributed by atoms with van der Waals surface area (Å²) in [6, 6.07) is 24.8. The Morgan fingerprint density at radius 1 is 0.252 bits per heavy atom. The number of halogens is 2. The molecule has 0 amide bonds. The first-order valence-electron chi connectivity index (χ1n) is 31.2. The number of rotatable bonds is 35. The summed E-state index contributed by atoms with van der Waals surface area (Å²) < 4.78 is 62.2. The third-order valence-corrected chi connectivity index (χ3v) is 15.0. The zero-order chi connectivity index (χ0) is 74.9. The van der Waals surface area contributed by atoms with Gasteiger partial charge in [0.1, 0.15) is 70.6 Å². The SMILES string of the molecule is Cc1cccc[n+]1CCCC[n+]1ccccc1C.N.N.N.N.N.N.N.N.N.N.O=C(O)COc1cc2c(OCC(=O)O)cc1Cc1cc(OCC(=O)O)c(cc1OCC(=O)O)Cc1cc(OCC(=O)O)c(cc1OCC(=O)O)Cc1cc(OCC(=O)O)c(cc1OCC(=O)O)Cc1cc(OCC(=O)O)c(cc1OCC(=O)O)C2.[Br-].[Br-]. The van der Waals surface area contributed by atoms with Crippen molar-refractivity contribution in [3.05, 3.63) is 176 Å². The Balaban J connectivity index is -0.000000871. The Hall–Kier alpha value is -12.3. The average Bonchev–Trinajstić information content (AvgIpc) is 1.38. The van der Waals surface area contributed by atoms with Crippen LogP contribution in [0.1, 0.15) is 79.9 Å². The Labute approximate surface area is 679 Å². The van der Waals surface area contributed by atoms with Gasteiger partial charge < -0.3 is 194 Å². The van der Waals surface area contributed by atoms with Gasteiger partial charge >= 0.3 is 59.7 Å². The smallest absolute Gasteiger partial charge is 0.341 e. The molecule has 10 aliphatic carbocycles. The predicted molar refractivity (Wildman–Crippen MR) is 400 cm³/mol. The molecule has 0 saturated heterocycles. The van der Waals surface area contributed by atoms with E-state index < -0.39 is 158 Å². The number of hydrogen-bond donors (Lipinski definition) is 20. The second-order valence-corrected chi connectivity index (χ2v) is 22.8.